The molecule has 3 heteroatoms. The molecule has 0 amide bonds. The Morgan fingerprint density at radius 1 is 1.43 bits per heavy atom. The molecule has 0 spiro atoms. The highest BCUT2D eigenvalue weighted by Crippen LogP contribution is 2.14. The van der Waals surface area contributed by atoms with Gasteiger partial charge in [-0.2, -0.15) is 5.26 Å². The fourth-order valence-corrected chi connectivity index (χ4v) is 0.929. The van der Waals surface area contributed by atoms with Gasteiger partial charge in [-0.3, -0.25) is 0 Å². The van der Waals surface area contributed by atoms with Crippen molar-refractivity contribution in [2.24, 2.45) is 0 Å². The van der Waals surface area contributed by atoms with E-state index in [1.807, 2.05) is 24.3 Å². The van der Waals surface area contributed by atoms with Crippen molar-refractivity contribution in [3.05, 3.63) is 34.9 Å². The van der Waals surface area contributed by atoms with E-state index in [1.54, 1.807) is 6.07 Å². The van der Waals surface area contributed by atoms with Crippen LogP contribution in [-0.2, 0) is 6.42 Å². The molecule has 0 aromatic heterocycles. The van der Waals surface area contributed by atoms with Crippen LogP contribution in [-0.4, -0.2) is 4.83 Å². The summed E-state index contributed by atoms with van der Waals surface area (Å²) in [6, 6.07) is 9.40. The fourth-order valence-electron chi connectivity index (χ4n) is 0.727. The van der Waals surface area contributed by atoms with Crippen molar-refractivity contribution in [1.29, 1.82) is 5.26 Å². The molecule has 76 valence electrons. The Kier molecular flexibility index (Phi) is 7.55. The van der Waals surface area contributed by atoms with Gasteiger partial charge in [0.25, 0.3) is 0 Å². The van der Waals surface area contributed by atoms with Crippen LogP contribution in [0.15, 0.2) is 24.3 Å². The molecule has 0 radical (unpaired) electrons. The zero-order chi connectivity index (χ0) is 11.0. The van der Waals surface area contributed by atoms with E-state index in [4.69, 9.17) is 16.9 Å². The monoisotopic (exact) mass is 273 g/mol. The van der Waals surface area contributed by atoms with Crippen molar-refractivity contribution in [2.75, 3.05) is 0 Å². The van der Waals surface area contributed by atoms with Gasteiger partial charge in [0.2, 0.25) is 0 Å². The highest BCUT2D eigenvalue weighted by molar-refractivity contribution is 9.09. The summed E-state index contributed by atoms with van der Waals surface area (Å²) in [7, 11) is 0. The normalized spacial score (nSPS) is 8.86. The Bertz CT molecular complexity index is 302. The molecule has 0 fully saturated rings. The maximum atomic E-state index is 8.34. The summed E-state index contributed by atoms with van der Waals surface area (Å²) < 4.78 is 0. The molecule has 0 atom stereocenters. The molecule has 1 nitrogen and oxygen atoms in total. The lowest BCUT2D eigenvalue weighted by Crippen LogP contribution is -1.80. The number of nitriles is 1. The van der Waals surface area contributed by atoms with Crippen molar-refractivity contribution in [3.8, 4) is 6.07 Å². The summed E-state index contributed by atoms with van der Waals surface area (Å²) in [4.78, 5) is 0.646. The summed E-state index contributed by atoms with van der Waals surface area (Å²) in [5.74, 6) is 0. The van der Waals surface area contributed by atoms with Gasteiger partial charge in [-0.1, -0.05) is 59.6 Å². The Labute approximate surface area is 98.8 Å². The van der Waals surface area contributed by atoms with E-state index in [0.717, 1.165) is 5.56 Å². The quantitative estimate of drug-likeness (QED) is 0.704. The average Bonchev–Trinajstić information content (AvgIpc) is 2.08. The van der Waals surface area contributed by atoms with Crippen LogP contribution >= 0.6 is 27.5 Å². The summed E-state index contributed by atoms with van der Waals surface area (Å²) >= 11 is 9.02. The average molecular weight is 275 g/mol. The van der Waals surface area contributed by atoms with Crippen LogP contribution in [0.25, 0.3) is 0 Å². The molecular weight excluding hydrogens is 261 g/mol. The van der Waals surface area contributed by atoms with E-state index in [9.17, 15) is 0 Å². The molecule has 0 aliphatic rings. The molecular formula is C11H13BrClN. The van der Waals surface area contributed by atoms with E-state index < -0.39 is 0 Å². The lowest BCUT2D eigenvalue weighted by molar-refractivity contribution is 1.14. The van der Waals surface area contributed by atoms with Crippen molar-refractivity contribution >= 4 is 27.5 Å². The number of hydrogen-bond donors (Lipinski definition) is 0. The molecule has 1 aromatic rings. The van der Waals surface area contributed by atoms with Gasteiger partial charge in [0, 0.05) is 9.85 Å². The molecule has 0 bridgehead atoms. The molecule has 0 aliphatic heterocycles. The Morgan fingerprint density at radius 2 is 1.93 bits per heavy atom. The third-order valence-electron chi connectivity index (χ3n) is 1.23. The Morgan fingerprint density at radius 3 is 2.36 bits per heavy atom. The first kappa shape index (κ1) is 13.5. The minimum Gasteiger partial charge on any atom is -0.198 e. The highest BCUT2D eigenvalue weighted by Gasteiger charge is 1.94. The second kappa shape index (κ2) is 7.84. The zero-order valence-corrected chi connectivity index (χ0v) is 10.6. The maximum absolute atomic E-state index is 8.34. The largest absolute Gasteiger partial charge is 0.198 e. The third-order valence-corrected chi connectivity index (χ3v) is 1.60. The molecule has 14 heavy (non-hydrogen) atoms. The predicted molar refractivity (Wildman–Crippen MR) is 64.8 cm³/mol. The van der Waals surface area contributed by atoms with Gasteiger partial charge in [0.05, 0.1) is 12.5 Å². The Balaban J connectivity index is 0.000000364. The zero-order valence-electron chi connectivity index (χ0n) is 8.30. The molecule has 0 aliphatic carbocycles. The third kappa shape index (κ3) is 6.94. The van der Waals surface area contributed by atoms with Gasteiger partial charge in [0.15, 0.2) is 0 Å². The van der Waals surface area contributed by atoms with Gasteiger partial charge in [0.1, 0.15) is 0 Å². The lowest BCUT2D eigenvalue weighted by Gasteiger charge is -1.94. The summed E-state index contributed by atoms with van der Waals surface area (Å²) in [6.45, 7) is 4.17. The van der Waals surface area contributed by atoms with E-state index in [2.05, 4.69) is 29.8 Å². The number of benzene rings is 1. The maximum Gasteiger partial charge on any atom is 0.0670 e. The van der Waals surface area contributed by atoms with Crippen LogP contribution in [0.1, 0.15) is 19.4 Å². The number of rotatable bonds is 1. The predicted octanol–water partition coefficient (Wildman–Crippen LogP) is 4.20. The van der Waals surface area contributed by atoms with Gasteiger partial charge in [-0.05, 0) is 11.6 Å². The first-order chi connectivity index (χ1) is 6.57. The van der Waals surface area contributed by atoms with Crippen LogP contribution < -0.4 is 0 Å². The van der Waals surface area contributed by atoms with E-state index in [-0.39, 0.29) is 0 Å². The SMILES string of the molecule is CC(C)Br.N#CCc1ccccc1Cl. The number of nitrogens with zero attached hydrogens (tertiary/aromatic N) is 1. The van der Waals surface area contributed by atoms with Gasteiger partial charge >= 0.3 is 0 Å². The van der Waals surface area contributed by atoms with Crippen LogP contribution in [0.5, 0.6) is 0 Å². The minimum atomic E-state index is 0.389. The van der Waals surface area contributed by atoms with Gasteiger partial charge in [-0.25, -0.2) is 0 Å². The van der Waals surface area contributed by atoms with Gasteiger partial charge < -0.3 is 0 Å². The summed E-state index contributed by atoms with van der Waals surface area (Å²) in [5.41, 5.74) is 0.895. The summed E-state index contributed by atoms with van der Waals surface area (Å²) in [5, 5.41) is 9.01. The van der Waals surface area contributed by atoms with Crippen LogP contribution in [0.3, 0.4) is 0 Å². The molecule has 0 saturated heterocycles. The lowest BCUT2D eigenvalue weighted by atomic mass is 10.2. The minimum absolute atomic E-state index is 0.389. The summed E-state index contributed by atoms with van der Waals surface area (Å²) in [6.07, 6.45) is 0.389. The standard InChI is InChI=1S/C8H6ClN.C3H7Br/c9-8-4-2-1-3-7(8)5-6-10;1-3(2)4/h1-4H,5H2;3H,1-2H3. The highest BCUT2D eigenvalue weighted by atomic mass is 79.9. The van der Waals surface area contributed by atoms with Crippen molar-refractivity contribution < 1.29 is 0 Å². The topological polar surface area (TPSA) is 23.8 Å². The molecule has 1 aromatic carbocycles. The second-order valence-corrected chi connectivity index (χ2v) is 5.18. The molecule has 0 N–H and O–H groups in total. The number of hydrogen-bond acceptors (Lipinski definition) is 1. The smallest absolute Gasteiger partial charge is 0.0670 e. The molecule has 1 rings (SSSR count). The van der Waals surface area contributed by atoms with E-state index >= 15 is 0 Å². The van der Waals surface area contributed by atoms with Crippen molar-refractivity contribution in [1.82, 2.24) is 0 Å². The first-order valence-corrected chi connectivity index (χ1v) is 5.61. The van der Waals surface area contributed by atoms with Crippen LogP contribution in [0, 0.1) is 11.3 Å². The van der Waals surface area contributed by atoms with Gasteiger partial charge in [-0.15, -0.1) is 0 Å². The number of halogens is 2. The molecule has 0 unspecified atom stereocenters. The van der Waals surface area contributed by atoms with E-state index in [1.165, 1.54) is 0 Å². The van der Waals surface area contributed by atoms with Crippen molar-refractivity contribution in [2.45, 2.75) is 25.1 Å². The Hall–Kier alpha value is -0.520. The molecule has 0 heterocycles. The van der Waals surface area contributed by atoms with Crippen molar-refractivity contribution in [3.63, 3.8) is 0 Å². The van der Waals surface area contributed by atoms with Crippen LogP contribution in [0.4, 0.5) is 0 Å². The first-order valence-electron chi connectivity index (χ1n) is 4.32. The fraction of sp³-hybridized carbons (Fsp3) is 0.364. The second-order valence-electron chi connectivity index (χ2n) is 2.94. The van der Waals surface area contributed by atoms with E-state index in [0.29, 0.717) is 16.3 Å². The van der Waals surface area contributed by atoms with Crippen LogP contribution in [0.2, 0.25) is 5.02 Å². The number of alkyl halides is 1. The molecule has 0 saturated carbocycles.